The lowest BCUT2D eigenvalue weighted by atomic mass is 9.88. The highest BCUT2D eigenvalue weighted by atomic mass is 16.5. The Bertz CT molecular complexity index is 161. The monoisotopic (exact) mass is 196 g/mol. The molecule has 1 nitrogen and oxygen atoms in total. The third-order valence-electron chi connectivity index (χ3n) is 4.05. The SMILES string of the molecule is CC1CCCCC1OCC1CCCC1. The molecule has 1 heteroatoms. The van der Waals surface area contributed by atoms with E-state index in [-0.39, 0.29) is 0 Å². The number of ether oxygens (including phenoxy) is 1. The highest BCUT2D eigenvalue weighted by Gasteiger charge is 2.23. The van der Waals surface area contributed by atoms with Gasteiger partial charge >= 0.3 is 0 Å². The van der Waals surface area contributed by atoms with E-state index in [1.165, 1.54) is 51.4 Å². The normalized spacial score (nSPS) is 34.9. The van der Waals surface area contributed by atoms with E-state index in [2.05, 4.69) is 6.92 Å². The average Bonchev–Trinajstić information content (AvgIpc) is 2.69. The molecule has 2 atom stereocenters. The molecule has 0 bridgehead atoms. The fourth-order valence-electron chi connectivity index (χ4n) is 2.97. The molecule has 0 radical (unpaired) electrons. The van der Waals surface area contributed by atoms with Crippen LogP contribution in [0.1, 0.15) is 58.3 Å². The molecule has 0 aliphatic heterocycles. The van der Waals surface area contributed by atoms with Crippen molar-refractivity contribution in [2.45, 2.75) is 64.4 Å². The van der Waals surface area contributed by atoms with E-state index in [0.717, 1.165) is 18.4 Å². The smallest absolute Gasteiger partial charge is 0.0600 e. The molecule has 0 aromatic rings. The van der Waals surface area contributed by atoms with Crippen LogP contribution in [0, 0.1) is 11.8 Å². The third kappa shape index (κ3) is 2.73. The largest absolute Gasteiger partial charge is 0.378 e. The fraction of sp³-hybridized carbons (Fsp3) is 1.00. The van der Waals surface area contributed by atoms with Gasteiger partial charge < -0.3 is 4.74 Å². The molecule has 14 heavy (non-hydrogen) atoms. The van der Waals surface area contributed by atoms with Gasteiger partial charge in [-0.1, -0.05) is 32.6 Å². The summed E-state index contributed by atoms with van der Waals surface area (Å²) in [4.78, 5) is 0. The molecule has 2 unspecified atom stereocenters. The third-order valence-corrected chi connectivity index (χ3v) is 4.05. The van der Waals surface area contributed by atoms with E-state index < -0.39 is 0 Å². The van der Waals surface area contributed by atoms with Crippen molar-refractivity contribution in [2.24, 2.45) is 11.8 Å². The molecule has 0 amide bonds. The maximum Gasteiger partial charge on any atom is 0.0600 e. The van der Waals surface area contributed by atoms with Crippen molar-refractivity contribution in [1.29, 1.82) is 0 Å². The Labute approximate surface area is 88.2 Å². The maximum atomic E-state index is 6.08. The van der Waals surface area contributed by atoms with Gasteiger partial charge in [-0.05, 0) is 37.5 Å². The van der Waals surface area contributed by atoms with Crippen LogP contribution in [0.25, 0.3) is 0 Å². The summed E-state index contributed by atoms with van der Waals surface area (Å²) in [7, 11) is 0. The molecule has 0 saturated heterocycles. The van der Waals surface area contributed by atoms with E-state index in [9.17, 15) is 0 Å². The quantitative estimate of drug-likeness (QED) is 0.667. The van der Waals surface area contributed by atoms with Crippen LogP contribution in [0.3, 0.4) is 0 Å². The van der Waals surface area contributed by atoms with Crippen LogP contribution in [0.2, 0.25) is 0 Å². The number of rotatable bonds is 3. The zero-order valence-corrected chi connectivity index (χ0v) is 9.50. The molecule has 2 fully saturated rings. The van der Waals surface area contributed by atoms with Crippen LogP contribution in [0.5, 0.6) is 0 Å². The van der Waals surface area contributed by atoms with E-state index in [1.54, 1.807) is 0 Å². The molecule has 2 saturated carbocycles. The van der Waals surface area contributed by atoms with Crippen molar-refractivity contribution in [3.8, 4) is 0 Å². The molecule has 0 heterocycles. The summed E-state index contributed by atoms with van der Waals surface area (Å²) < 4.78 is 6.08. The Morgan fingerprint density at radius 1 is 0.929 bits per heavy atom. The van der Waals surface area contributed by atoms with Gasteiger partial charge in [0.05, 0.1) is 6.10 Å². The predicted octanol–water partition coefficient (Wildman–Crippen LogP) is 3.77. The van der Waals surface area contributed by atoms with Crippen molar-refractivity contribution < 1.29 is 4.74 Å². The van der Waals surface area contributed by atoms with E-state index >= 15 is 0 Å². The standard InChI is InChI=1S/C13H24O/c1-11-6-2-5-9-13(11)14-10-12-7-3-4-8-12/h11-13H,2-10H2,1H3. The van der Waals surface area contributed by atoms with Gasteiger partial charge in [0.25, 0.3) is 0 Å². The van der Waals surface area contributed by atoms with Gasteiger partial charge in [-0.3, -0.25) is 0 Å². The van der Waals surface area contributed by atoms with Crippen LogP contribution in [0.4, 0.5) is 0 Å². The van der Waals surface area contributed by atoms with Gasteiger partial charge in [0.1, 0.15) is 0 Å². The van der Waals surface area contributed by atoms with E-state index in [1.807, 2.05) is 0 Å². The second-order valence-corrected chi connectivity index (χ2v) is 5.28. The van der Waals surface area contributed by atoms with Crippen LogP contribution in [-0.2, 0) is 4.74 Å². The maximum absolute atomic E-state index is 6.08. The Balaban J connectivity index is 1.67. The molecule has 2 aliphatic rings. The Morgan fingerprint density at radius 3 is 2.29 bits per heavy atom. The summed E-state index contributed by atoms with van der Waals surface area (Å²) in [5, 5.41) is 0. The molecule has 0 spiro atoms. The van der Waals surface area contributed by atoms with Crippen LogP contribution >= 0.6 is 0 Å². The van der Waals surface area contributed by atoms with Crippen LogP contribution < -0.4 is 0 Å². The molecule has 0 aromatic heterocycles. The second-order valence-electron chi connectivity index (χ2n) is 5.28. The minimum absolute atomic E-state index is 0.587. The first-order chi connectivity index (χ1) is 6.86. The Kier molecular flexibility index (Phi) is 3.86. The molecule has 0 N–H and O–H groups in total. The Morgan fingerprint density at radius 2 is 1.57 bits per heavy atom. The summed E-state index contributed by atoms with van der Waals surface area (Å²) in [5.74, 6) is 1.70. The number of hydrogen-bond acceptors (Lipinski definition) is 1. The average molecular weight is 196 g/mol. The van der Waals surface area contributed by atoms with E-state index in [0.29, 0.717) is 6.10 Å². The first-order valence-electron chi connectivity index (χ1n) is 6.48. The van der Waals surface area contributed by atoms with Gasteiger partial charge in [0.2, 0.25) is 0 Å². The fourth-order valence-corrected chi connectivity index (χ4v) is 2.97. The summed E-state index contributed by atoms with van der Waals surface area (Å²) in [6, 6.07) is 0. The van der Waals surface area contributed by atoms with E-state index in [4.69, 9.17) is 4.74 Å². The lowest BCUT2D eigenvalue weighted by Gasteiger charge is -2.29. The molecular weight excluding hydrogens is 172 g/mol. The second kappa shape index (κ2) is 5.16. The first-order valence-corrected chi connectivity index (χ1v) is 6.48. The van der Waals surface area contributed by atoms with Crippen molar-refractivity contribution in [3.05, 3.63) is 0 Å². The molecule has 0 aromatic carbocycles. The van der Waals surface area contributed by atoms with Crippen molar-refractivity contribution in [2.75, 3.05) is 6.61 Å². The summed E-state index contributed by atoms with van der Waals surface area (Å²) in [5.41, 5.74) is 0. The molecule has 2 aliphatic carbocycles. The van der Waals surface area contributed by atoms with Crippen LogP contribution in [0.15, 0.2) is 0 Å². The van der Waals surface area contributed by atoms with Gasteiger partial charge in [-0.15, -0.1) is 0 Å². The summed E-state index contributed by atoms with van der Waals surface area (Å²) in [6.07, 6.45) is 11.8. The predicted molar refractivity (Wildman–Crippen MR) is 59.3 cm³/mol. The topological polar surface area (TPSA) is 9.23 Å². The van der Waals surface area contributed by atoms with Crippen molar-refractivity contribution >= 4 is 0 Å². The van der Waals surface area contributed by atoms with Gasteiger partial charge in [0.15, 0.2) is 0 Å². The lowest BCUT2D eigenvalue weighted by Crippen LogP contribution is -2.27. The molecular formula is C13H24O. The first kappa shape index (κ1) is 10.5. The summed E-state index contributed by atoms with van der Waals surface area (Å²) in [6.45, 7) is 3.41. The van der Waals surface area contributed by atoms with Crippen molar-refractivity contribution in [3.63, 3.8) is 0 Å². The van der Waals surface area contributed by atoms with Gasteiger partial charge in [0, 0.05) is 6.61 Å². The van der Waals surface area contributed by atoms with Gasteiger partial charge in [-0.25, -0.2) is 0 Å². The minimum Gasteiger partial charge on any atom is -0.378 e. The molecule has 82 valence electrons. The zero-order valence-electron chi connectivity index (χ0n) is 9.50. The zero-order chi connectivity index (χ0) is 9.80. The highest BCUT2D eigenvalue weighted by molar-refractivity contribution is 4.74. The minimum atomic E-state index is 0.587. The lowest BCUT2D eigenvalue weighted by molar-refractivity contribution is -0.0208. The molecule has 2 rings (SSSR count). The van der Waals surface area contributed by atoms with Crippen molar-refractivity contribution in [1.82, 2.24) is 0 Å². The Hall–Kier alpha value is -0.0400. The highest BCUT2D eigenvalue weighted by Crippen LogP contribution is 2.29. The summed E-state index contributed by atoms with van der Waals surface area (Å²) >= 11 is 0. The van der Waals surface area contributed by atoms with Gasteiger partial charge in [-0.2, -0.15) is 0 Å². The number of hydrogen-bond donors (Lipinski definition) is 0. The van der Waals surface area contributed by atoms with Crippen LogP contribution in [-0.4, -0.2) is 12.7 Å².